The van der Waals surface area contributed by atoms with Crippen LogP contribution in [-0.2, 0) is 31.3 Å². The second-order valence-electron chi connectivity index (χ2n) is 6.99. The molecule has 0 aliphatic carbocycles. The number of benzene rings is 2. The highest BCUT2D eigenvalue weighted by molar-refractivity contribution is 7.92. The summed E-state index contributed by atoms with van der Waals surface area (Å²) in [5.74, 6) is -0.432. The highest BCUT2D eigenvalue weighted by atomic mass is 32.2. The Morgan fingerprint density at radius 3 is 2.07 bits per heavy atom. The van der Waals surface area contributed by atoms with Crippen molar-refractivity contribution in [1.29, 1.82) is 0 Å². The van der Waals surface area contributed by atoms with Gasteiger partial charge in [0, 0.05) is 20.6 Å². The summed E-state index contributed by atoms with van der Waals surface area (Å²) in [6.07, 6.45) is 2.53. The first-order valence-corrected chi connectivity index (χ1v) is 12.6. The van der Waals surface area contributed by atoms with E-state index >= 15 is 0 Å². The second-order valence-corrected chi connectivity index (χ2v) is 11.0. The lowest BCUT2D eigenvalue weighted by Gasteiger charge is -2.22. The van der Waals surface area contributed by atoms with Crippen molar-refractivity contribution in [3.63, 3.8) is 0 Å². The Hall–Kier alpha value is -2.43. The van der Waals surface area contributed by atoms with Gasteiger partial charge >= 0.3 is 0 Å². The fraction of sp³-hybridized carbons (Fsp3) is 0.350. The summed E-state index contributed by atoms with van der Waals surface area (Å²) in [6, 6.07) is 15.2. The van der Waals surface area contributed by atoms with E-state index in [2.05, 4.69) is 5.32 Å². The van der Waals surface area contributed by atoms with Gasteiger partial charge in [-0.25, -0.2) is 21.1 Å². The normalized spacial score (nSPS) is 12.0. The predicted molar refractivity (Wildman–Crippen MR) is 117 cm³/mol. The maximum Gasteiger partial charge on any atom is 0.242 e. The molecule has 2 aromatic rings. The first-order valence-electron chi connectivity index (χ1n) is 9.33. The van der Waals surface area contributed by atoms with Crippen molar-refractivity contribution < 1.29 is 21.6 Å². The molecule has 0 spiro atoms. The molecule has 164 valence electrons. The summed E-state index contributed by atoms with van der Waals surface area (Å²) in [5.41, 5.74) is 1.38. The molecule has 0 radical (unpaired) electrons. The lowest BCUT2D eigenvalue weighted by Crippen LogP contribution is -2.40. The fourth-order valence-corrected chi connectivity index (χ4v) is 4.50. The molecule has 0 saturated heterocycles. The van der Waals surface area contributed by atoms with Crippen LogP contribution in [0.2, 0.25) is 0 Å². The van der Waals surface area contributed by atoms with Crippen molar-refractivity contribution in [3.05, 3.63) is 60.2 Å². The van der Waals surface area contributed by atoms with Crippen LogP contribution in [0.5, 0.6) is 0 Å². The van der Waals surface area contributed by atoms with E-state index in [0.717, 1.165) is 33.3 Å². The molecule has 1 amide bonds. The van der Waals surface area contributed by atoms with E-state index in [4.69, 9.17) is 0 Å². The summed E-state index contributed by atoms with van der Waals surface area (Å²) in [5, 5.41) is 2.73. The number of nitrogens with zero attached hydrogens (tertiary/aromatic N) is 2. The van der Waals surface area contributed by atoms with Gasteiger partial charge < -0.3 is 5.32 Å². The van der Waals surface area contributed by atoms with E-state index in [9.17, 15) is 21.6 Å². The first kappa shape index (κ1) is 23.8. The number of anilines is 1. The fourth-order valence-electron chi connectivity index (χ4n) is 2.75. The molecule has 0 fully saturated rings. The van der Waals surface area contributed by atoms with Crippen molar-refractivity contribution >= 4 is 31.6 Å². The third kappa shape index (κ3) is 6.54. The molecule has 0 aromatic heterocycles. The first-order chi connectivity index (χ1) is 14.0. The molecule has 30 heavy (non-hydrogen) atoms. The molecule has 0 heterocycles. The quantitative estimate of drug-likeness (QED) is 0.549. The van der Waals surface area contributed by atoms with Crippen LogP contribution in [0.1, 0.15) is 12.0 Å². The van der Waals surface area contributed by atoms with E-state index in [-0.39, 0.29) is 17.1 Å². The van der Waals surface area contributed by atoms with E-state index in [1.165, 1.54) is 38.4 Å². The highest BCUT2D eigenvalue weighted by Crippen LogP contribution is 2.21. The predicted octanol–water partition coefficient (Wildman–Crippen LogP) is 1.45. The van der Waals surface area contributed by atoms with Crippen LogP contribution in [-0.4, -0.2) is 60.5 Å². The van der Waals surface area contributed by atoms with Crippen molar-refractivity contribution in [2.45, 2.75) is 17.7 Å². The van der Waals surface area contributed by atoms with Gasteiger partial charge in [-0.15, -0.1) is 0 Å². The lowest BCUT2D eigenvalue weighted by molar-refractivity contribution is -0.119. The van der Waals surface area contributed by atoms with Gasteiger partial charge in [-0.05, 0) is 42.7 Å². The van der Waals surface area contributed by atoms with Crippen molar-refractivity contribution in [2.75, 3.05) is 37.7 Å². The van der Waals surface area contributed by atoms with Gasteiger partial charge in [-0.1, -0.05) is 30.3 Å². The molecule has 0 aliphatic rings. The summed E-state index contributed by atoms with van der Waals surface area (Å²) in [6.45, 7) is 0.0370. The Morgan fingerprint density at radius 2 is 1.53 bits per heavy atom. The molecular weight excluding hydrogens is 426 g/mol. The second kappa shape index (κ2) is 10.1. The Balaban J connectivity index is 2.01. The van der Waals surface area contributed by atoms with E-state index in [1.807, 2.05) is 30.3 Å². The zero-order valence-electron chi connectivity index (χ0n) is 17.3. The van der Waals surface area contributed by atoms with E-state index in [1.54, 1.807) is 0 Å². The van der Waals surface area contributed by atoms with Crippen LogP contribution in [0.3, 0.4) is 0 Å². The minimum absolute atomic E-state index is 0.0371. The average molecular weight is 454 g/mol. The number of amides is 1. The van der Waals surface area contributed by atoms with E-state index in [0.29, 0.717) is 6.54 Å². The summed E-state index contributed by atoms with van der Waals surface area (Å²) in [4.78, 5) is 12.3. The Morgan fingerprint density at radius 1 is 0.933 bits per heavy atom. The van der Waals surface area contributed by atoms with Gasteiger partial charge in [0.05, 0.1) is 16.8 Å². The van der Waals surface area contributed by atoms with Crippen LogP contribution in [0.25, 0.3) is 0 Å². The van der Waals surface area contributed by atoms with Crippen LogP contribution in [0.4, 0.5) is 5.69 Å². The largest absolute Gasteiger partial charge is 0.355 e. The van der Waals surface area contributed by atoms with Gasteiger partial charge in [0.1, 0.15) is 6.54 Å². The molecule has 0 saturated carbocycles. The Bertz CT molecular complexity index is 1050. The van der Waals surface area contributed by atoms with Gasteiger partial charge in [0.15, 0.2) is 0 Å². The standard InChI is InChI=1S/C20H27N3O5S2/c1-22(2)30(27,28)19-13-11-18(12-14-19)23(29(3,25)26)16-20(24)21-15-7-10-17-8-5-4-6-9-17/h4-6,8-9,11-14H,7,10,15-16H2,1-3H3,(H,21,24). The zero-order chi connectivity index (χ0) is 22.4. The minimum Gasteiger partial charge on any atom is -0.355 e. The summed E-state index contributed by atoms with van der Waals surface area (Å²) < 4.78 is 50.7. The number of hydrogen-bond acceptors (Lipinski definition) is 5. The van der Waals surface area contributed by atoms with Crippen LogP contribution < -0.4 is 9.62 Å². The number of carbonyl (C=O) groups excluding carboxylic acids is 1. The number of hydrogen-bond donors (Lipinski definition) is 1. The molecule has 8 nitrogen and oxygen atoms in total. The van der Waals surface area contributed by atoms with Crippen LogP contribution in [0, 0.1) is 0 Å². The third-order valence-corrected chi connectivity index (χ3v) is 7.37. The van der Waals surface area contributed by atoms with Crippen molar-refractivity contribution in [3.8, 4) is 0 Å². The molecule has 10 heteroatoms. The van der Waals surface area contributed by atoms with Gasteiger partial charge in [-0.2, -0.15) is 0 Å². The number of nitrogens with one attached hydrogen (secondary N) is 1. The Kier molecular flexibility index (Phi) is 7.99. The molecule has 0 aliphatic heterocycles. The number of sulfonamides is 2. The summed E-state index contributed by atoms with van der Waals surface area (Å²) >= 11 is 0. The van der Waals surface area contributed by atoms with Crippen LogP contribution in [0.15, 0.2) is 59.5 Å². The monoisotopic (exact) mass is 453 g/mol. The average Bonchev–Trinajstić information content (AvgIpc) is 2.69. The Labute approximate surface area is 178 Å². The number of aryl methyl sites for hydroxylation is 1. The molecule has 0 bridgehead atoms. The lowest BCUT2D eigenvalue weighted by atomic mass is 10.1. The third-order valence-electron chi connectivity index (χ3n) is 4.40. The maximum absolute atomic E-state index is 12.3. The van der Waals surface area contributed by atoms with Crippen molar-refractivity contribution in [2.24, 2.45) is 0 Å². The molecule has 0 unspecified atom stereocenters. The topological polar surface area (TPSA) is 104 Å². The molecular formula is C20H27N3O5S2. The number of rotatable bonds is 10. The van der Waals surface area contributed by atoms with Crippen molar-refractivity contribution in [1.82, 2.24) is 9.62 Å². The molecule has 0 atom stereocenters. The smallest absolute Gasteiger partial charge is 0.242 e. The van der Waals surface area contributed by atoms with E-state index < -0.39 is 26.0 Å². The van der Waals surface area contributed by atoms with Gasteiger partial charge in [-0.3, -0.25) is 9.10 Å². The van der Waals surface area contributed by atoms with Gasteiger partial charge in [0.25, 0.3) is 0 Å². The summed E-state index contributed by atoms with van der Waals surface area (Å²) in [7, 11) is -4.55. The maximum atomic E-state index is 12.3. The zero-order valence-corrected chi connectivity index (χ0v) is 18.9. The molecule has 1 N–H and O–H groups in total. The number of carbonyl (C=O) groups is 1. The van der Waals surface area contributed by atoms with Crippen LogP contribution >= 0.6 is 0 Å². The van der Waals surface area contributed by atoms with Gasteiger partial charge in [0.2, 0.25) is 26.0 Å². The SMILES string of the molecule is CN(C)S(=O)(=O)c1ccc(N(CC(=O)NCCCc2ccccc2)S(C)(=O)=O)cc1. The molecule has 2 aromatic carbocycles. The highest BCUT2D eigenvalue weighted by Gasteiger charge is 2.22. The molecule has 2 rings (SSSR count). The minimum atomic E-state index is -3.74.